The zero-order chi connectivity index (χ0) is 30.4. The topological polar surface area (TPSA) is 120 Å². The van der Waals surface area contributed by atoms with Gasteiger partial charge in [-0.25, -0.2) is 4.39 Å². The van der Waals surface area contributed by atoms with Crippen LogP contribution in [-0.4, -0.2) is 41.5 Å². The summed E-state index contributed by atoms with van der Waals surface area (Å²) in [6.07, 6.45) is 0.495. The average Bonchev–Trinajstić information content (AvgIpc) is 3.38. The molecule has 2 aliphatic heterocycles. The molecule has 0 saturated carbocycles. The predicted molar refractivity (Wildman–Crippen MR) is 162 cm³/mol. The molecule has 5 N–H and O–H groups in total. The highest BCUT2D eigenvalue weighted by Crippen LogP contribution is 2.57. The van der Waals surface area contributed by atoms with Gasteiger partial charge in [-0.3, -0.25) is 14.4 Å². The highest BCUT2D eigenvalue weighted by Gasteiger charge is 2.66. The van der Waals surface area contributed by atoms with Crippen molar-refractivity contribution in [2.75, 3.05) is 22.5 Å². The molecule has 220 valence electrons. The van der Waals surface area contributed by atoms with Crippen LogP contribution in [-0.2, 0) is 19.8 Å². The van der Waals surface area contributed by atoms with Crippen molar-refractivity contribution in [3.63, 3.8) is 0 Å². The van der Waals surface area contributed by atoms with Crippen molar-refractivity contribution in [2.45, 2.75) is 50.6 Å². The lowest BCUT2D eigenvalue weighted by Gasteiger charge is -2.37. The SMILES string of the molecule is CC(C)(C)C[C@@H]1N[C@@H](C(=O)Nc2ccc(NCC(=O)O)cc2)[C@H](c2cccc(Cl)c2F)C12C(=O)Nc1cc(Cl)ccc12. The van der Waals surface area contributed by atoms with Gasteiger partial charge >= 0.3 is 5.97 Å². The van der Waals surface area contributed by atoms with E-state index in [4.69, 9.17) is 28.3 Å². The van der Waals surface area contributed by atoms with Crippen LogP contribution in [0.4, 0.5) is 21.5 Å². The van der Waals surface area contributed by atoms with Gasteiger partial charge in [-0.2, -0.15) is 0 Å². The number of hydrogen-bond donors (Lipinski definition) is 5. The molecule has 1 saturated heterocycles. The molecule has 2 amide bonds. The smallest absolute Gasteiger partial charge is 0.322 e. The molecule has 8 nitrogen and oxygen atoms in total. The second-order valence-corrected chi connectivity index (χ2v) is 12.8. The standard InChI is InChI=1S/C31H31Cl2FN4O4/c1-30(2,3)14-23-31(20-12-7-16(32)13-22(20)37-29(31)42)25(19-5-4-6-21(33)26(19)34)27(38-23)28(41)36-18-10-8-17(9-11-18)35-15-24(39)40/h4-13,23,25,27,35,38H,14-15H2,1-3H3,(H,36,41)(H,37,42)(H,39,40)/t23-,25-,27+,31?/m0/s1. The van der Waals surface area contributed by atoms with Crippen molar-refractivity contribution < 1.29 is 23.9 Å². The molecular weight excluding hydrogens is 582 g/mol. The van der Waals surface area contributed by atoms with Crippen molar-refractivity contribution in [1.82, 2.24) is 5.32 Å². The summed E-state index contributed by atoms with van der Waals surface area (Å²) in [4.78, 5) is 39.1. The van der Waals surface area contributed by atoms with Gasteiger partial charge in [0.25, 0.3) is 0 Å². The number of carbonyl (C=O) groups is 3. The van der Waals surface area contributed by atoms with E-state index in [1.165, 1.54) is 6.07 Å². The van der Waals surface area contributed by atoms with Crippen LogP contribution in [0.2, 0.25) is 10.0 Å². The summed E-state index contributed by atoms with van der Waals surface area (Å²) in [5.74, 6) is -3.48. The molecule has 0 aromatic heterocycles. The molecular formula is C31H31Cl2FN4O4. The van der Waals surface area contributed by atoms with Crippen LogP contribution >= 0.6 is 23.2 Å². The summed E-state index contributed by atoms with van der Waals surface area (Å²) < 4.78 is 15.9. The molecule has 42 heavy (non-hydrogen) atoms. The highest BCUT2D eigenvalue weighted by molar-refractivity contribution is 6.31. The summed E-state index contributed by atoms with van der Waals surface area (Å²) in [7, 11) is 0. The van der Waals surface area contributed by atoms with Crippen molar-refractivity contribution in [1.29, 1.82) is 0 Å². The highest BCUT2D eigenvalue weighted by atomic mass is 35.5. The molecule has 11 heteroatoms. The van der Waals surface area contributed by atoms with Gasteiger partial charge < -0.3 is 26.4 Å². The van der Waals surface area contributed by atoms with Gasteiger partial charge in [-0.05, 0) is 65.4 Å². The molecule has 5 rings (SSSR count). The number of rotatable bonds is 7. The summed E-state index contributed by atoms with van der Waals surface area (Å²) in [5.41, 5.74) is 0.698. The minimum Gasteiger partial charge on any atom is -0.480 e. The summed E-state index contributed by atoms with van der Waals surface area (Å²) >= 11 is 12.5. The van der Waals surface area contributed by atoms with E-state index in [-0.39, 0.29) is 28.5 Å². The van der Waals surface area contributed by atoms with Crippen molar-refractivity contribution in [3.05, 3.63) is 87.7 Å². The lowest BCUT2D eigenvalue weighted by Crippen LogP contribution is -2.49. The van der Waals surface area contributed by atoms with Gasteiger partial charge in [-0.15, -0.1) is 0 Å². The Morgan fingerprint density at radius 1 is 1.05 bits per heavy atom. The number of benzene rings is 3. The van der Waals surface area contributed by atoms with Crippen molar-refractivity contribution in [2.24, 2.45) is 5.41 Å². The third kappa shape index (κ3) is 5.44. The third-order valence-corrected chi connectivity index (χ3v) is 8.34. The third-order valence-electron chi connectivity index (χ3n) is 7.82. The van der Waals surface area contributed by atoms with E-state index in [1.807, 2.05) is 20.8 Å². The Morgan fingerprint density at radius 2 is 1.74 bits per heavy atom. The average molecular weight is 614 g/mol. The number of halogens is 3. The van der Waals surface area contributed by atoms with E-state index in [2.05, 4.69) is 21.3 Å². The number of nitrogens with one attached hydrogen (secondary N) is 4. The van der Waals surface area contributed by atoms with Crippen LogP contribution in [0, 0.1) is 11.2 Å². The minimum atomic E-state index is -1.36. The van der Waals surface area contributed by atoms with Crippen LogP contribution < -0.4 is 21.3 Å². The second kappa shape index (κ2) is 11.2. The molecule has 1 fully saturated rings. The van der Waals surface area contributed by atoms with Gasteiger partial charge in [0.2, 0.25) is 11.8 Å². The van der Waals surface area contributed by atoms with E-state index < -0.39 is 41.1 Å². The van der Waals surface area contributed by atoms with Gasteiger partial charge in [0, 0.05) is 34.0 Å². The number of aliphatic carboxylic acids is 1. The molecule has 2 aliphatic rings. The van der Waals surface area contributed by atoms with Crippen LogP contribution in [0.3, 0.4) is 0 Å². The number of carboxylic acids is 1. The number of hydrogen-bond acceptors (Lipinski definition) is 5. The first-order chi connectivity index (χ1) is 19.8. The first-order valence-electron chi connectivity index (χ1n) is 13.5. The number of fused-ring (bicyclic) bond motifs is 2. The Hall–Kier alpha value is -3.66. The fourth-order valence-electron chi connectivity index (χ4n) is 6.22. The number of carbonyl (C=O) groups excluding carboxylic acids is 2. The molecule has 0 radical (unpaired) electrons. The van der Waals surface area contributed by atoms with Gasteiger partial charge in [0.1, 0.15) is 17.8 Å². The van der Waals surface area contributed by atoms with Crippen LogP contribution in [0.1, 0.15) is 44.2 Å². The Labute approximate surface area is 253 Å². The van der Waals surface area contributed by atoms with E-state index in [0.29, 0.717) is 34.1 Å². The lowest BCUT2D eigenvalue weighted by molar-refractivity contribution is -0.135. The zero-order valence-electron chi connectivity index (χ0n) is 23.2. The molecule has 3 aromatic rings. The Kier molecular flexibility index (Phi) is 7.96. The minimum absolute atomic E-state index is 0.111. The van der Waals surface area contributed by atoms with E-state index in [0.717, 1.165) is 0 Å². The summed E-state index contributed by atoms with van der Waals surface area (Å²) in [6.45, 7) is 5.87. The van der Waals surface area contributed by atoms with Gasteiger partial charge in [-0.1, -0.05) is 62.2 Å². The molecule has 1 spiro atoms. The Bertz CT molecular complexity index is 1560. The molecule has 1 unspecified atom stereocenters. The maximum Gasteiger partial charge on any atom is 0.322 e. The molecule has 3 aromatic carbocycles. The van der Waals surface area contributed by atoms with Crippen LogP contribution in [0.15, 0.2) is 60.7 Å². The van der Waals surface area contributed by atoms with Gasteiger partial charge in [0.15, 0.2) is 0 Å². The first-order valence-corrected chi connectivity index (χ1v) is 14.2. The Balaban J connectivity index is 1.62. The van der Waals surface area contributed by atoms with E-state index in [9.17, 15) is 14.4 Å². The normalized spacial score (nSPS) is 23.0. The molecule has 4 atom stereocenters. The zero-order valence-corrected chi connectivity index (χ0v) is 24.7. The van der Waals surface area contributed by atoms with E-state index >= 15 is 4.39 Å². The first kappa shape index (κ1) is 29.8. The number of anilines is 3. The Morgan fingerprint density at radius 3 is 2.40 bits per heavy atom. The molecule has 0 aliphatic carbocycles. The summed E-state index contributed by atoms with van der Waals surface area (Å²) in [5, 5.41) is 21.3. The number of amides is 2. The van der Waals surface area contributed by atoms with Crippen LogP contribution in [0.25, 0.3) is 0 Å². The maximum atomic E-state index is 15.9. The lowest BCUT2D eigenvalue weighted by atomic mass is 9.62. The fraction of sp³-hybridized carbons (Fsp3) is 0.323. The molecule has 0 bridgehead atoms. The predicted octanol–water partition coefficient (Wildman–Crippen LogP) is 6.02. The quantitative estimate of drug-likeness (QED) is 0.223. The van der Waals surface area contributed by atoms with E-state index in [1.54, 1.807) is 54.6 Å². The molecule has 2 heterocycles. The van der Waals surface area contributed by atoms with Gasteiger partial charge in [0.05, 0.1) is 11.1 Å². The monoisotopic (exact) mass is 612 g/mol. The van der Waals surface area contributed by atoms with Crippen molar-refractivity contribution >= 4 is 58.0 Å². The van der Waals surface area contributed by atoms with Crippen LogP contribution in [0.5, 0.6) is 0 Å². The largest absolute Gasteiger partial charge is 0.480 e. The number of carboxylic acid groups (broad SMARTS) is 1. The maximum absolute atomic E-state index is 15.9. The van der Waals surface area contributed by atoms with Crippen molar-refractivity contribution in [3.8, 4) is 0 Å². The second-order valence-electron chi connectivity index (χ2n) is 11.9. The fourth-order valence-corrected chi connectivity index (χ4v) is 6.58. The summed E-state index contributed by atoms with van der Waals surface area (Å²) in [6, 6.07) is 14.7.